The molecule has 0 heterocycles. The fourth-order valence-electron chi connectivity index (χ4n) is 2.63. The predicted octanol–water partition coefficient (Wildman–Crippen LogP) is 3.89. The Labute approximate surface area is 161 Å². The minimum atomic E-state index is -0.935. The van der Waals surface area contributed by atoms with Crippen molar-refractivity contribution in [3.8, 4) is 5.75 Å². The SMILES string of the molecule is O=[C]CCCNC(=O)CCCCCCCCCOc1ccc(C(=O)O)cc1. The third-order valence-corrected chi connectivity index (χ3v) is 4.20. The smallest absolute Gasteiger partial charge is 0.335 e. The second-order valence-electron chi connectivity index (χ2n) is 6.50. The van der Waals surface area contributed by atoms with E-state index >= 15 is 0 Å². The number of rotatable bonds is 16. The van der Waals surface area contributed by atoms with Crippen LogP contribution in [0.15, 0.2) is 24.3 Å². The van der Waals surface area contributed by atoms with Crippen LogP contribution in [0.2, 0.25) is 0 Å². The zero-order valence-corrected chi connectivity index (χ0v) is 15.9. The molecule has 0 aliphatic rings. The van der Waals surface area contributed by atoms with Crippen LogP contribution in [0.5, 0.6) is 5.75 Å². The van der Waals surface area contributed by atoms with Crippen molar-refractivity contribution in [3.05, 3.63) is 29.8 Å². The molecule has 1 aromatic rings. The zero-order valence-electron chi connectivity index (χ0n) is 15.9. The second kappa shape index (κ2) is 14.8. The van der Waals surface area contributed by atoms with Gasteiger partial charge in [0.05, 0.1) is 12.2 Å². The highest BCUT2D eigenvalue weighted by Gasteiger charge is 2.02. The summed E-state index contributed by atoms with van der Waals surface area (Å²) in [6, 6.07) is 6.45. The third kappa shape index (κ3) is 11.8. The normalized spacial score (nSPS) is 10.4. The average Bonchev–Trinajstić information content (AvgIpc) is 2.67. The quantitative estimate of drug-likeness (QED) is 0.427. The van der Waals surface area contributed by atoms with Gasteiger partial charge in [0.15, 0.2) is 6.29 Å². The number of carboxylic acids is 1. The van der Waals surface area contributed by atoms with Crippen LogP contribution in [0.4, 0.5) is 0 Å². The molecule has 0 fully saturated rings. The minimum absolute atomic E-state index is 0.0643. The standard InChI is InChI=1S/C21H30NO5/c23-16-8-7-15-22-20(24)10-6-4-2-1-3-5-9-17-27-19-13-11-18(12-14-19)21(25)26/h11-14H,1-10,15,17H2,(H,22,24)(H,25,26). The number of ether oxygens (including phenoxy) is 1. The van der Waals surface area contributed by atoms with Crippen molar-refractivity contribution in [2.45, 2.75) is 64.2 Å². The van der Waals surface area contributed by atoms with Gasteiger partial charge in [-0.2, -0.15) is 0 Å². The number of carbonyl (C=O) groups is 2. The topological polar surface area (TPSA) is 92.7 Å². The van der Waals surface area contributed by atoms with Gasteiger partial charge in [0, 0.05) is 19.4 Å². The number of unbranched alkanes of at least 4 members (excludes halogenated alkanes) is 7. The summed E-state index contributed by atoms with van der Waals surface area (Å²) in [5.74, 6) is -0.174. The lowest BCUT2D eigenvalue weighted by atomic mass is 10.1. The van der Waals surface area contributed by atoms with Gasteiger partial charge in [0.1, 0.15) is 5.75 Å². The van der Waals surface area contributed by atoms with E-state index in [4.69, 9.17) is 9.84 Å². The molecule has 0 atom stereocenters. The van der Waals surface area contributed by atoms with Gasteiger partial charge in [-0.1, -0.05) is 32.1 Å². The van der Waals surface area contributed by atoms with Crippen molar-refractivity contribution in [3.63, 3.8) is 0 Å². The number of amides is 1. The van der Waals surface area contributed by atoms with E-state index in [-0.39, 0.29) is 11.5 Å². The Bertz CT molecular complexity index is 556. The van der Waals surface area contributed by atoms with Gasteiger partial charge < -0.3 is 15.2 Å². The molecule has 6 nitrogen and oxygen atoms in total. The first kappa shape index (κ1) is 22.7. The number of nitrogens with one attached hydrogen (secondary N) is 1. The highest BCUT2D eigenvalue weighted by molar-refractivity contribution is 5.87. The van der Waals surface area contributed by atoms with Crippen molar-refractivity contribution in [1.29, 1.82) is 0 Å². The predicted molar refractivity (Wildman–Crippen MR) is 104 cm³/mol. The molecule has 2 N–H and O–H groups in total. The lowest BCUT2D eigenvalue weighted by Crippen LogP contribution is -2.24. The second-order valence-corrected chi connectivity index (χ2v) is 6.50. The van der Waals surface area contributed by atoms with Crippen molar-refractivity contribution < 1.29 is 24.2 Å². The van der Waals surface area contributed by atoms with Gasteiger partial charge in [0.25, 0.3) is 0 Å². The van der Waals surface area contributed by atoms with Gasteiger partial charge in [-0.15, -0.1) is 0 Å². The maximum absolute atomic E-state index is 11.5. The fourth-order valence-corrected chi connectivity index (χ4v) is 2.63. The van der Waals surface area contributed by atoms with E-state index in [1.165, 1.54) is 0 Å². The number of benzene rings is 1. The summed E-state index contributed by atoms with van der Waals surface area (Å²) in [4.78, 5) is 32.3. The molecule has 27 heavy (non-hydrogen) atoms. The zero-order chi connectivity index (χ0) is 19.7. The lowest BCUT2D eigenvalue weighted by Gasteiger charge is -2.06. The Morgan fingerprint density at radius 3 is 2.19 bits per heavy atom. The van der Waals surface area contributed by atoms with Gasteiger partial charge in [0.2, 0.25) is 5.91 Å². The molecule has 0 aliphatic carbocycles. The van der Waals surface area contributed by atoms with E-state index in [1.807, 2.05) is 6.29 Å². The molecule has 0 aliphatic heterocycles. The van der Waals surface area contributed by atoms with Gasteiger partial charge >= 0.3 is 5.97 Å². The minimum Gasteiger partial charge on any atom is -0.494 e. The van der Waals surface area contributed by atoms with Crippen LogP contribution in [-0.4, -0.2) is 36.4 Å². The Balaban J connectivity index is 1.89. The van der Waals surface area contributed by atoms with Crippen molar-refractivity contribution in [2.75, 3.05) is 13.2 Å². The van der Waals surface area contributed by atoms with E-state index in [9.17, 15) is 14.4 Å². The molecule has 6 heteroatoms. The lowest BCUT2D eigenvalue weighted by molar-refractivity contribution is -0.121. The first-order chi connectivity index (χ1) is 13.1. The van der Waals surface area contributed by atoms with Crippen LogP contribution in [0, 0.1) is 0 Å². The average molecular weight is 376 g/mol. The highest BCUT2D eigenvalue weighted by Crippen LogP contribution is 2.13. The van der Waals surface area contributed by atoms with Crippen molar-refractivity contribution >= 4 is 18.2 Å². The summed E-state index contributed by atoms with van der Waals surface area (Å²) in [6.07, 6.45) is 10.9. The van der Waals surface area contributed by atoms with Crippen molar-refractivity contribution in [2.24, 2.45) is 0 Å². The Hall–Kier alpha value is -2.37. The highest BCUT2D eigenvalue weighted by atomic mass is 16.5. The summed E-state index contributed by atoms with van der Waals surface area (Å²) >= 11 is 0. The van der Waals surface area contributed by atoms with Crippen LogP contribution in [-0.2, 0) is 9.59 Å². The molecule has 0 unspecified atom stereocenters. The molecule has 1 radical (unpaired) electrons. The number of hydrogen-bond acceptors (Lipinski definition) is 4. The summed E-state index contributed by atoms with van der Waals surface area (Å²) in [5, 5.41) is 11.6. The van der Waals surface area contributed by atoms with E-state index in [2.05, 4.69) is 5.32 Å². The molecule has 0 aromatic heterocycles. The molecular weight excluding hydrogens is 346 g/mol. The molecule has 0 saturated carbocycles. The van der Waals surface area contributed by atoms with Gasteiger partial charge in [-0.25, -0.2) is 4.79 Å². The van der Waals surface area contributed by atoms with E-state index in [1.54, 1.807) is 24.3 Å². The van der Waals surface area contributed by atoms with Gasteiger partial charge in [-0.05, 0) is 43.5 Å². The van der Waals surface area contributed by atoms with E-state index in [0.717, 1.165) is 44.9 Å². The first-order valence-electron chi connectivity index (χ1n) is 9.71. The van der Waals surface area contributed by atoms with Crippen LogP contribution in [0.3, 0.4) is 0 Å². The third-order valence-electron chi connectivity index (χ3n) is 4.20. The molecule has 1 amide bonds. The number of carbonyl (C=O) groups excluding carboxylic acids is 2. The monoisotopic (exact) mass is 376 g/mol. The van der Waals surface area contributed by atoms with E-state index < -0.39 is 5.97 Å². The molecule has 0 spiro atoms. The van der Waals surface area contributed by atoms with Crippen LogP contribution >= 0.6 is 0 Å². The molecular formula is C21H30NO5. The molecule has 1 rings (SSSR count). The maximum Gasteiger partial charge on any atom is 0.335 e. The van der Waals surface area contributed by atoms with Crippen molar-refractivity contribution in [1.82, 2.24) is 5.32 Å². The molecule has 1 aromatic carbocycles. The Morgan fingerprint density at radius 2 is 1.56 bits per heavy atom. The summed E-state index contributed by atoms with van der Waals surface area (Å²) in [7, 11) is 0. The van der Waals surface area contributed by atoms with Crippen LogP contribution < -0.4 is 10.1 Å². The molecule has 0 bridgehead atoms. The summed E-state index contributed by atoms with van der Waals surface area (Å²) in [5.41, 5.74) is 0.261. The van der Waals surface area contributed by atoms with Gasteiger partial charge in [-0.3, -0.25) is 9.59 Å². The Kier molecular flexibility index (Phi) is 12.4. The summed E-state index contributed by atoms with van der Waals surface area (Å²) < 4.78 is 5.60. The number of carboxylic acid groups (broad SMARTS) is 1. The van der Waals surface area contributed by atoms with E-state index in [0.29, 0.717) is 38.2 Å². The Morgan fingerprint density at radius 1 is 0.926 bits per heavy atom. The number of aromatic carboxylic acids is 1. The maximum atomic E-state index is 11.5. The van der Waals surface area contributed by atoms with Crippen LogP contribution in [0.1, 0.15) is 74.6 Å². The number of hydrogen-bond donors (Lipinski definition) is 2. The molecule has 149 valence electrons. The molecule has 0 saturated heterocycles. The largest absolute Gasteiger partial charge is 0.494 e. The summed E-state index contributed by atoms with van der Waals surface area (Å²) in [6.45, 7) is 1.19. The van der Waals surface area contributed by atoms with Crippen LogP contribution in [0.25, 0.3) is 0 Å². The fraction of sp³-hybridized carbons (Fsp3) is 0.571. The first-order valence-corrected chi connectivity index (χ1v) is 9.71.